The van der Waals surface area contributed by atoms with Gasteiger partial charge in [0.2, 0.25) is 10.0 Å². The van der Waals surface area contributed by atoms with Crippen LogP contribution in [0.2, 0.25) is 0 Å². The predicted octanol–water partition coefficient (Wildman–Crippen LogP) is 4.70. The van der Waals surface area contributed by atoms with E-state index in [1.54, 1.807) is 25.2 Å². The molecule has 0 aliphatic rings. The van der Waals surface area contributed by atoms with Crippen LogP contribution in [-0.2, 0) is 10.0 Å². The summed E-state index contributed by atoms with van der Waals surface area (Å²) in [4.78, 5) is 22.2. The van der Waals surface area contributed by atoms with Gasteiger partial charge in [0.25, 0.3) is 5.91 Å². The molecular formula is C27H35ClN4O5S2. The summed E-state index contributed by atoms with van der Waals surface area (Å²) in [6.45, 7) is 8.81. The lowest BCUT2D eigenvalue weighted by atomic mass is 10.2. The second-order valence-electron chi connectivity index (χ2n) is 8.71. The number of amides is 1. The first-order valence-electron chi connectivity index (χ1n) is 12.0. The van der Waals surface area contributed by atoms with Crippen molar-refractivity contribution in [3.8, 4) is 11.5 Å². The zero-order valence-electron chi connectivity index (χ0n) is 22.6. The molecule has 1 amide bonds. The molecule has 12 heteroatoms. The van der Waals surface area contributed by atoms with Crippen LogP contribution < -0.4 is 14.4 Å². The Morgan fingerprint density at radius 2 is 1.59 bits per heavy atom. The number of nitrogens with zero attached hydrogens (tertiary/aromatic N) is 4. The lowest BCUT2D eigenvalue weighted by Crippen LogP contribution is -2.33. The topological polar surface area (TPSA) is 92.3 Å². The molecule has 0 saturated carbocycles. The zero-order valence-corrected chi connectivity index (χ0v) is 25.1. The van der Waals surface area contributed by atoms with Crippen molar-refractivity contribution in [1.29, 1.82) is 0 Å². The van der Waals surface area contributed by atoms with Crippen molar-refractivity contribution < 1.29 is 22.7 Å². The average Bonchev–Trinajstić information content (AvgIpc) is 3.32. The van der Waals surface area contributed by atoms with Crippen molar-refractivity contribution >= 4 is 55.0 Å². The molecule has 0 saturated heterocycles. The van der Waals surface area contributed by atoms with Gasteiger partial charge in [0, 0.05) is 37.3 Å². The normalized spacial score (nSPS) is 11.3. The highest BCUT2D eigenvalue weighted by atomic mass is 35.5. The number of benzene rings is 2. The smallest absolute Gasteiger partial charge is 0.260 e. The Balaban J connectivity index is 0.00000533. The number of anilines is 1. The molecule has 0 radical (unpaired) electrons. The van der Waals surface area contributed by atoms with Crippen LogP contribution in [-0.4, -0.2) is 83.0 Å². The number of sulfonamides is 1. The molecule has 0 unspecified atom stereocenters. The van der Waals surface area contributed by atoms with E-state index in [0.717, 1.165) is 17.7 Å². The van der Waals surface area contributed by atoms with Crippen LogP contribution >= 0.6 is 23.7 Å². The molecule has 39 heavy (non-hydrogen) atoms. The first kappa shape index (κ1) is 32.3. The van der Waals surface area contributed by atoms with E-state index in [1.807, 2.05) is 20.2 Å². The SMILES string of the molecule is C=CCN(CC=C)S(=O)(=O)c1ccc(C(=O)N(CCCN(C)C)c2nc3cc(OC)c(OC)cc3s2)cc1.Cl. The molecule has 0 fully saturated rings. The van der Waals surface area contributed by atoms with Gasteiger partial charge < -0.3 is 14.4 Å². The van der Waals surface area contributed by atoms with Gasteiger partial charge in [0.05, 0.1) is 29.3 Å². The van der Waals surface area contributed by atoms with Crippen LogP contribution in [0.25, 0.3) is 10.2 Å². The van der Waals surface area contributed by atoms with Crippen molar-refractivity contribution in [2.75, 3.05) is 59.4 Å². The monoisotopic (exact) mass is 594 g/mol. The minimum absolute atomic E-state index is 0. The number of carbonyl (C=O) groups excluding carboxylic acids is 1. The number of thiazole rings is 1. The summed E-state index contributed by atoms with van der Waals surface area (Å²) >= 11 is 1.38. The zero-order chi connectivity index (χ0) is 27.9. The lowest BCUT2D eigenvalue weighted by Gasteiger charge is -2.22. The third-order valence-electron chi connectivity index (χ3n) is 5.75. The van der Waals surface area contributed by atoms with E-state index >= 15 is 0 Å². The Hall–Kier alpha value is -2.96. The Kier molecular flexibility index (Phi) is 11.9. The second kappa shape index (κ2) is 14.4. The molecular weight excluding hydrogens is 560 g/mol. The molecule has 1 heterocycles. The molecule has 0 N–H and O–H groups in total. The summed E-state index contributed by atoms with van der Waals surface area (Å²) in [5, 5.41) is 0.541. The van der Waals surface area contributed by atoms with Crippen LogP contribution in [0.4, 0.5) is 5.13 Å². The van der Waals surface area contributed by atoms with E-state index in [9.17, 15) is 13.2 Å². The van der Waals surface area contributed by atoms with Gasteiger partial charge in [-0.3, -0.25) is 9.69 Å². The molecule has 0 aliphatic heterocycles. The van der Waals surface area contributed by atoms with E-state index in [2.05, 4.69) is 18.1 Å². The van der Waals surface area contributed by atoms with Crippen molar-refractivity contribution in [1.82, 2.24) is 14.2 Å². The van der Waals surface area contributed by atoms with Gasteiger partial charge >= 0.3 is 0 Å². The van der Waals surface area contributed by atoms with Gasteiger partial charge in [-0.05, 0) is 51.3 Å². The molecule has 0 aliphatic carbocycles. The summed E-state index contributed by atoms with van der Waals surface area (Å²) < 4.78 is 39.0. The fraction of sp³-hybridized carbons (Fsp3) is 0.333. The molecule has 3 rings (SSSR count). The third kappa shape index (κ3) is 7.58. The Morgan fingerprint density at radius 3 is 2.13 bits per heavy atom. The minimum atomic E-state index is -3.77. The Bertz CT molecular complexity index is 1340. The largest absolute Gasteiger partial charge is 0.493 e. The summed E-state index contributed by atoms with van der Waals surface area (Å²) in [6.07, 6.45) is 3.77. The van der Waals surface area contributed by atoms with Gasteiger partial charge in [-0.1, -0.05) is 23.5 Å². The number of ether oxygens (including phenoxy) is 2. The first-order valence-corrected chi connectivity index (χ1v) is 14.2. The van der Waals surface area contributed by atoms with Crippen LogP contribution in [0.1, 0.15) is 16.8 Å². The van der Waals surface area contributed by atoms with Gasteiger partial charge in [-0.2, -0.15) is 4.31 Å². The van der Waals surface area contributed by atoms with Crippen LogP contribution in [0.5, 0.6) is 11.5 Å². The van der Waals surface area contributed by atoms with E-state index in [1.165, 1.54) is 52.1 Å². The number of halogens is 1. The number of hydrogen-bond acceptors (Lipinski definition) is 8. The molecule has 0 atom stereocenters. The van der Waals surface area contributed by atoms with Crippen molar-refractivity contribution in [2.45, 2.75) is 11.3 Å². The third-order valence-corrected chi connectivity index (χ3v) is 8.64. The highest BCUT2D eigenvalue weighted by molar-refractivity contribution is 7.89. The second-order valence-corrected chi connectivity index (χ2v) is 11.7. The number of aromatic nitrogens is 1. The highest BCUT2D eigenvalue weighted by Crippen LogP contribution is 2.37. The number of fused-ring (bicyclic) bond motifs is 1. The van der Waals surface area contributed by atoms with E-state index in [0.29, 0.717) is 34.3 Å². The molecule has 0 bridgehead atoms. The minimum Gasteiger partial charge on any atom is -0.493 e. The maximum atomic E-state index is 13.7. The van der Waals surface area contributed by atoms with Crippen LogP contribution in [0.3, 0.4) is 0 Å². The van der Waals surface area contributed by atoms with Crippen LogP contribution in [0, 0.1) is 0 Å². The van der Waals surface area contributed by atoms with Gasteiger partial charge in [-0.15, -0.1) is 25.6 Å². The maximum absolute atomic E-state index is 13.7. The number of rotatable bonds is 14. The maximum Gasteiger partial charge on any atom is 0.260 e. The van der Waals surface area contributed by atoms with Gasteiger partial charge in [-0.25, -0.2) is 13.4 Å². The predicted molar refractivity (Wildman–Crippen MR) is 160 cm³/mol. The van der Waals surface area contributed by atoms with Gasteiger partial charge in [0.15, 0.2) is 16.6 Å². The Morgan fingerprint density at radius 1 is 1.00 bits per heavy atom. The average molecular weight is 595 g/mol. The molecule has 1 aromatic heterocycles. The summed E-state index contributed by atoms with van der Waals surface area (Å²) in [5.41, 5.74) is 1.06. The molecule has 3 aromatic rings. The number of carbonyl (C=O) groups is 1. The summed E-state index contributed by atoms with van der Waals surface area (Å²) in [6, 6.07) is 9.60. The van der Waals surface area contributed by atoms with E-state index < -0.39 is 10.0 Å². The summed E-state index contributed by atoms with van der Waals surface area (Å²) in [7, 11) is 3.31. The molecule has 2 aromatic carbocycles. The van der Waals surface area contributed by atoms with Crippen molar-refractivity contribution in [3.63, 3.8) is 0 Å². The lowest BCUT2D eigenvalue weighted by molar-refractivity contribution is 0.0986. The molecule has 0 spiro atoms. The summed E-state index contributed by atoms with van der Waals surface area (Å²) in [5.74, 6) is 0.875. The number of methoxy groups -OCH3 is 2. The first-order chi connectivity index (χ1) is 18.2. The van der Waals surface area contributed by atoms with Crippen LogP contribution in [0.15, 0.2) is 66.6 Å². The fourth-order valence-corrected chi connectivity index (χ4v) is 6.20. The number of hydrogen-bond donors (Lipinski definition) is 0. The van der Waals surface area contributed by atoms with Crippen molar-refractivity contribution in [3.05, 3.63) is 67.3 Å². The quantitative estimate of drug-likeness (QED) is 0.250. The fourth-order valence-electron chi connectivity index (χ4n) is 3.82. The molecule has 212 valence electrons. The van der Waals surface area contributed by atoms with Crippen molar-refractivity contribution in [2.24, 2.45) is 0 Å². The van der Waals surface area contributed by atoms with E-state index in [-0.39, 0.29) is 36.3 Å². The standard InChI is InChI=1S/C27H34N4O5S2.ClH/c1-7-14-30(15-8-2)38(33,34)21-12-10-20(11-13-21)26(32)31(17-9-16-29(3)4)27-28-22-18-23(35-5)24(36-6)19-25(22)37-27;/h7-8,10-13,18-19H,1-2,9,14-17H2,3-6H3;1H. The highest BCUT2D eigenvalue weighted by Gasteiger charge is 2.25. The Labute approximate surface area is 240 Å². The molecule has 9 nitrogen and oxygen atoms in total. The van der Waals surface area contributed by atoms with Gasteiger partial charge in [0.1, 0.15) is 0 Å². The van der Waals surface area contributed by atoms with E-state index in [4.69, 9.17) is 14.5 Å².